The Balaban J connectivity index is 1.88. The van der Waals surface area contributed by atoms with Crippen LogP contribution in [0.2, 0.25) is 0 Å². The standard InChI is InChI=1S/C13H24N2O2/c1-2-6-15(7-5-13(16)17)12-8-10-3-4-11(9-12)14-10/h10-12,14H,2-9H2,1H3,(H,16,17). The van der Waals surface area contributed by atoms with Gasteiger partial charge in [0, 0.05) is 24.7 Å². The zero-order chi connectivity index (χ0) is 12.3. The normalized spacial score (nSPS) is 32.0. The summed E-state index contributed by atoms with van der Waals surface area (Å²) in [5.41, 5.74) is 0. The van der Waals surface area contributed by atoms with Gasteiger partial charge in [0.1, 0.15) is 0 Å². The van der Waals surface area contributed by atoms with Crippen LogP contribution >= 0.6 is 0 Å². The van der Waals surface area contributed by atoms with E-state index in [1.807, 2.05) is 0 Å². The summed E-state index contributed by atoms with van der Waals surface area (Å²) in [5.74, 6) is -0.678. The van der Waals surface area contributed by atoms with Crippen LogP contribution in [-0.2, 0) is 4.79 Å². The zero-order valence-corrected chi connectivity index (χ0v) is 10.7. The van der Waals surface area contributed by atoms with Crippen LogP contribution in [-0.4, -0.2) is 47.2 Å². The van der Waals surface area contributed by atoms with Crippen LogP contribution in [0.4, 0.5) is 0 Å². The molecule has 0 saturated carbocycles. The van der Waals surface area contributed by atoms with Gasteiger partial charge in [-0.05, 0) is 38.6 Å². The van der Waals surface area contributed by atoms with Gasteiger partial charge in [0.05, 0.1) is 6.42 Å². The van der Waals surface area contributed by atoms with Gasteiger partial charge >= 0.3 is 5.97 Å². The molecule has 2 atom stereocenters. The average molecular weight is 240 g/mol. The van der Waals surface area contributed by atoms with Crippen molar-refractivity contribution in [3.8, 4) is 0 Å². The molecule has 4 heteroatoms. The lowest BCUT2D eigenvalue weighted by molar-refractivity contribution is -0.137. The molecule has 2 bridgehead atoms. The average Bonchev–Trinajstić information content (AvgIpc) is 2.63. The smallest absolute Gasteiger partial charge is 0.304 e. The van der Waals surface area contributed by atoms with Gasteiger partial charge in [0.15, 0.2) is 0 Å². The first-order valence-electron chi connectivity index (χ1n) is 6.91. The quantitative estimate of drug-likeness (QED) is 0.738. The lowest BCUT2D eigenvalue weighted by Gasteiger charge is -2.37. The van der Waals surface area contributed by atoms with E-state index in [-0.39, 0.29) is 6.42 Å². The third-order valence-corrected chi connectivity index (χ3v) is 4.09. The van der Waals surface area contributed by atoms with E-state index in [9.17, 15) is 4.79 Å². The molecule has 0 amide bonds. The fraction of sp³-hybridized carbons (Fsp3) is 0.923. The maximum atomic E-state index is 10.7. The third kappa shape index (κ3) is 3.42. The highest BCUT2D eigenvalue weighted by molar-refractivity contribution is 5.66. The second-order valence-electron chi connectivity index (χ2n) is 5.44. The Morgan fingerprint density at radius 3 is 2.47 bits per heavy atom. The van der Waals surface area contributed by atoms with Crippen molar-refractivity contribution in [1.29, 1.82) is 0 Å². The number of fused-ring (bicyclic) bond motifs is 2. The van der Waals surface area contributed by atoms with Gasteiger partial charge in [-0.3, -0.25) is 9.69 Å². The van der Waals surface area contributed by atoms with Crippen LogP contribution < -0.4 is 5.32 Å². The van der Waals surface area contributed by atoms with Crippen LogP contribution in [0.15, 0.2) is 0 Å². The summed E-state index contributed by atoms with van der Waals surface area (Å²) in [7, 11) is 0. The highest BCUT2D eigenvalue weighted by atomic mass is 16.4. The predicted octanol–water partition coefficient (Wildman–Crippen LogP) is 1.46. The second kappa shape index (κ2) is 5.83. The molecule has 98 valence electrons. The summed E-state index contributed by atoms with van der Waals surface area (Å²) in [6.07, 6.45) is 6.41. The molecule has 0 aromatic heterocycles. The van der Waals surface area contributed by atoms with Crippen molar-refractivity contribution in [3.63, 3.8) is 0 Å². The number of carboxylic acid groups (broad SMARTS) is 1. The molecule has 2 saturated heterocycles. The van der Waals surface area contributed by atoms with E-state index in [0.29, 0.717) is 24.7 Å². The van der Waals surface area contributed by atoms with E-state index in [1.165, 1.54) is 25.7 Å². The molecule has 0 aromatic rings. The van der Waals surface area contributed by atoms with Crippen LogP contribution in [0.3, 0.4) is 0 Å². The van der Waals surface area contributed by atoms with E-state index in [1.54, 1.807) is 0 Å². The number of carbonyl (C=O) groups is 1. The lowest BCUT2D eigenvalue weighted by atomic mass is 9.97. The maximum Gasteiger partial charge on any atom is 0.304 e. The summed E-state index contributed by atoms with van der Waals surface area (Å²) in [6.45, 7) is 3.92. The number of rotatable bonds is 6. The number of hydrogen-bond donors (Lipinski definition) is 2. The fourth-order valence-electron chi connectivity index (χ4n) is 3.33. The molecule has 2 rings (SSSR count). The van der Waals surface area contributed by atoms with Gasteiger partial charge in [-0.15, -0.1) is 0 Å². The summed E-state index contributed by atoms with van der Waals surface area (Å²) in [4.78, 5) is 13.1. The molecule has 2 heterocycles. The van der Waals surface area contributed by atoms with Crippen molar-refractivity contribution in [2.75, 3.05) is 13.1 Å². The molecule has 2 unspecified atom stereocenters. The van der Waals surface area contributed by atoms with Crippen LogP contribution in [0, 0.1) is 0 Å². The molecular weight excluding hydrogens is 216 g/mol. The summed E-state index contributed by atoms with van der Waals surface area (Å²) in [6, 6.07) is 1.97. The van der Waals surface area contributed by atoms with Crippen molar-refractivity contribution in [1.82, 2.24) is 10.2 Å². The van der Waals surface area contributed by atoms with Crippen molar-refractivity contribution in [2.24, 2.45) is 0 Å². The molecule has 0 aliphatic carbocycles. The minimum absolute atomic E-state index is 0.277. The fourth-order valence-corrected chi connectivity index (χ4v) is 3.33. The highest BCUT2D eigenvalue weighted by Gasteiger charge is 2.35. The summed E-state index contributed by atoms with van der Waals surface area (Å²) in [5, 5.41) is 12.4. The predicted molar refractivity (Wildman–Crippen MR) is 67.1 cm³/mol. The van der Waals surface area contributed by atoms with E-state index < -0.39 is 5.97 Å². The molecule has 2 aliphatic heterocycles. The Morgan fingerprint density at radius 2 is 1.94 bits per heavy atom. The zero-order valence-electron chi connectivity index (χ0n) is 10.7. The van der Waals surface area contributed by atoms with E-state index in [0.717, 1.165) is 13.0 Å². The van der Waals surface area contributed by atoms with Gasteiger partial charge in [0.25, 0.3) is 0 Å². The van der Waals surface area contributed by atoms with Crippen molar-refractivity contribution in [3.05, 3.63) is 0 Å². The first kappa shape index (κ1) is 12.8. The number of carboxylic acids is 1. The lowest BCUT2D eigenvalue weighted by Crippen LogP contribution is -2.48. The van der Waals surface area contributed by atoms with Crippen molar-refractivity contribution in [2.45, 2.75) is 63.6 Å². The largest absolute Gasteiger partial charge is 0.481 e. The van der Waals surface area contributed by atoms with Gasteiger partial charge in [-0.25, -0.2) is 0 Å². The van der Waals surface area contributed by atoms with Gasteiger partial charge in [-0.2, -0.15) is 0 Å². The van der Waals surface area contributed by atoms with Crippen LogP contribution in [0.1, 0.15) is 45.4 Å². The van der Waals surface area contributed by atoms with Crippen molar-refractivity contribution < 1.29 is 9.90 Å². The number of nitrogens with zero attached hydrogens (tertiary/aromatic N) is 1. The monoisotopic (exact) mass is 240 g/mol. The molecule has 0 radical (unpaired) electrons. The molecule has 17 heavy (non-hydrogen) atoms. The number of hydrogen-bond acceptors (Lipinski definition) is 3. The van der Waals surface area contributed by atoms with Gasteiger partial charge in [-0.1, -0.05) is 6.92 Å². The number of piperidine rings is 1. The Hall–Kier alpha value is -0.610. The molecule has 2 fully saturated rings. The minimum Gasteiger partial charge on any atom is -0.481 e. The number of nitrogens with one attached hydrogen (secondary N) is 1. The summed E-state index contributed by atoms with van der Waals surface area (Å²) >= 11 is 0. The SMILES string of the molecule is CCCN(CCC(=O)O)C1CC2CCC(C1)N2. The van der Waals surface area contributed by atoms with E-state index >= 15 is 0 Å². The maximum absolute atomic E-state index is 10.7. The van der Waals surface area contributed by atoms with Gasteiger partial charge in [0.2, 0.25) is 0 Å². The van der Waals surface area contributed by atoms with Crippen LogP contribution in [0.5, 0.6) is 0 Å². The molecule has 0 spiro atoms. The molecule has 4 nitrogen and oxygen atoms in total. The summed E-state index contributed by atoms with van der Waals surface area (Å²) < 4.78 is 0. The Morgan fingerprint density at radius 1 is 1.29 bits per heavy atom. The van der Waals surface area contributed by atoms with E-state index in [2.05, 4.69) is 17.1 Å². The molecule has 2 aliphatic rings. The molecule has 0 aromatic carbocycles. The van der Waals surface area contributed by atoms with Crippen molar-refractivity contribution >= 4 is 5.97 Å². The third-order valence-electron chi connectivity index (χ3n) is 4.09. The van der Waals surface area contributed by atoms with E-state index in [4.69, 9.17) is 5.11 Å². The Labute approximate surface area is 103 Å². The first-order chi connectivity index (χ1) is 8.19. The highest BCUT2D eigenvalue weighted by Crippen LogP contribution is 2.29. The first-order valence-corrected chi connectivity index (χ1v) is 6.91. The molecule has 2 N–H and O–H groups in total. The second-order valence-corrected chi connectivity index (χ2v) is 5.44. The minimum atomic E-state index is -0.678. The Bertz CT molecular complexity index is 258. The molecular formula is C13H24N2O2. The van der Waals surface area contributed by atoms with Crippen LogP contribution in [0.25, 0.3) is 0 Å². The number of aliphatic carboxylic acids is 1. The topological polar surface area (TPSA) is 52.6 Å². The van der Waals surface area contributed by atoms with Gasteiger partial charge < -0.3 is 10.4 Å². The Kier molecular flexibility index (Phi) is 4.40.